The van der Waals surface area contributed by atoms with Crippen molar-refractivity contribution in [1.29, 1.82) is 0 Å². The van der Waals surface area contributed by atoms with Crippen LogP contribution in [-0.2, 0) is 9.53 Å². The molecule has 2 unspecified atom stereocenters. The number of amides is 1. The Bertz CT molecular complexity index is 550. The van der Waals surface area contributed by atoms with Crippen LogP contribution in [0.5, 0.6) is 0 Å². The number of carbonyl (C=O) groups is 2. The van der Waals surface area contributed by atoms with Crippen molar-refractivity contribution in [3.05, 3.63) is 0 Å². The Kier molecular flexibility index (Phi) is 7.17. The number of carboxylic acid groups (broad SMARTS) is 1. The molecule has 3 heterocycles. The first kappa shape index (κ1) is 21.3. The first-order chi connectivity index (χ1) is 13.3. The molecular formula is C20H36N4O4. The highest BCUT2D eigenvalue weighted by molar-refractivity contribution is 5.69. The maximum Gasteiger partial charge on any atom is 0.411 e. The molecule has 0 aromatic heterocycles. The van der Waals surface area contributed by atoms with Crippen molar-refractivity contribution in [2.45, 2.75) is 57.8 Å². The molecule has 0 aromatic rings. The maximum absolute atomic E-state index is 11.8. The van der Waals surface area contributed by atoms with Crippen LogP contribution in [0.1, 0.15) is 39.5 Å². The molecule has 1 N–H and O–H groups in total. The molecule has 0 aromatic carbocycles. The number of rotatable bonds is 7. The van der Waals surface area contributed by atoms with Crippen molar-refractivity contribution in [2.24, 2.45) is 5.92 Å². The number of hydrogen-bond donors (Lipinski definition) is 1. The van der Waals surface area contributed by atoms with Crippen molar-refractivity contribution >= 4 is 12.1 Å². The molecule has 3 aliphatic heterocycles. The molecule has 3 rings (SSSR count). The first-order valence-corrected chi connectivity index (χ1v) is 10.7. The van der Waals surface area contributed by atoms with Crippen LogP contribution in [0.4, 0.5) is 4.79 Å². The van der Waals surface area contributed by atoms with Gasteiger partial charge in [0.2, 0.25) is 0 Å². The SMILES string of the molecule is CC(C)N1CCC(C2CN(C3CN(C)C(=O)O3)CCN2CCCC(=O)O)CC1. The number of carbonyl (C=O) groups excluding carboxylic acids is 1. The molecule has 160 valence electrons. The third-order valence-electron chi connectivity index (χ3n) is 6.64. The summed E-state index contributed by atoms with van der Waals surface area (Å²) in [7, 11) is 1.78. The third kappa shape index (κ3) is 5.15. The van der Waals surface area contributed by atoms with Crippen LogP contribution >= 0.6 is 0 Å². The molecule has 0 spiro atoms. The normalized spacial score (nSPS) is 28.9. The van der Waals surface area contributed by atoms with Crippen LogP contribution < -0.4 is 0 Å². The molecule has 28 heavy (non-hydrogen) atoms. The van der Waals surface area contributed by atoms with Gasteiger partial charge in [0.25, 0.3) is 0 Å². The second-order valence-corrected chi connectivity index (χ2v) is 8.78. The molecule has 0 radical (unpaired) electrons. The fraction of sp³-hybridized carbons (Fsp3) is 0.900. The van der Waals surface area contributed by atoms with Gasteiger partial charge in [-0.25, -0.2) is 4.79 Å². The topological polar surface area (TPSA) is 76.6 Å². The fourth-order valence-electron chi connectivity index (χ4n) is 4.85. The molecule has 8 nitrogen and oxygen atoms in total. The van der Waals surface area contributed by atoms with Gasteiger partial charge in [0.15, 0.2) is 6.23 Å². The van der Waals surface area contributed by atoms with Crippen molar-refractivity contribution in [3.8, 4) is 0 Å². The Balaban J connectivity index is 1.62. The van der Waals surface area contributed by atoms with Crippen LogP contribution in [0.25, 0.3) is 0 Å². The van der Waals surface area contributed by atoms with Gasteiger partial charge in [0.1, 0.15) is 0 Å². The summed E-state index contributed by atoms with van der Waals surface area (Å²) < 4.78 is 5.55. The largest absolute Gasteiger partial charge is 0.481 e. The molecular weight excluding hydrogens is 360 g/mol. The number of aliphatic carboxylic acids is 1. The Hall–Kier alpha value is -1.38. The summed E-state index contributed by atoms with van der Waals surface area (Å²) in [5.74, 6) is -0.112. The summed E-state index contributed by atoms with van der Waals surface area (Å²) in [5.41, 5.74) is 0. The van der Waals surface area contributed by atoms with Gasteiger partial charge in [-0.1, -0.05) is 0 Å². The average Bonchev–Trinajstić information content (AvgIpc) is 3.00. The van der Waals surface area contributed by atoms with E-state index in [2.05, 4.69) is 28.5 Å². The molecule has 3 saturated heterocycles. The molecule has 1 amide bonds. The Morgan fingerprint density at radius 2 is 1.89 bits per heavy atom. The lowest BCUT2D eigenvalue weighted by Crippen LogP contribution is -2.60. The third-order valence-corrected chi connectivity index (χ3v) is 6.64. The minimum atomic E-state index is -0.721. The number of likely N-dealkylation sites (N-methyl/N-ethyl adjacent to an activating group) is 1. The van der Waals surface area contributed by atoms with Gasteiger partial charge in [-0.2, -0.15) is 0 Å². The molecule has 0 saturated carbocycles. The smallest absolute Gasteiger partial charge is 0.411 e. The van der Waals surface area contributed by atoms with E-state index in [0.29, 0.717) is 31.0 Å². The summed E-state index contributed by atoms with van der Waals surface area (Å²) in [6, 6.07) is 0.991. The molecule has 0 bridgehead atoms. The van der Waals surface area contributed by atoms with Crippen LogP contribution in [0.3, 0.4) is 0 Å². The van der Waals surface area contributed by atoms with Gasteiger partial charge in [-0.3, -0.25) is 14.6 Å². The zero-order valence-corrected chi connectivity index (χ0v) is 17.5. The number of carboxylic acids is 1. The van der Waals surface area contributed by atoms with E-state index in [4.69, 9.17) is 9.84 Å². The van der Waals surface area contributed by atoms with Crippen molar-refractivity contribution in [1.82, 2.24) is 19.6 Å². The highest BCUT2D eigenvalue weighted by Crippen LogP contribution is 2.29. The summed E-state index contributed by atoms with van der Waals surface area (Å²) in [6.07, 6.45) is 2.88. The number of piperidine rings is 1. The number of ether oxygens (including phenoxy) is 1. The Morgan fingerprint density at radius 3 is 2.46 bits per heavy atom. The lowest BCUT2D eigenvalue weighted by molar-refractivity contribution is -0.137. The van der Waals surface area contributed by atoms with Gasteiger partial charge >= 0.3 is 12.1 Å². The van der Waals surface area contributed by atoms with E-state index in [-0.39, 0.29) is 18.7 Å². The molecule has 8 heteroatoms. The predicted octanol–water partition coefficient (Wildman–Crippen LogP) is 1.37. The standard InChI is InChI=1S/C20H36N4O4/c1-15(2)22-9-6-16(7-10-22)17-13-24(18-14-21(3)20(27)28-18)12-11-23(17)8-4-5-19(25)26/h15-18H,4-14H2,1-3H3,(H,25,26). The zero-order chi connectivity index (χ0) is 20.3. The number of cyclic esters (lactones) is 1. The van der Waals surface area contributed by atoms with E-state index in [0.717, 1.165) is 39.3 Å². The monoisotopic (exact) mass is 396 g/mol. The van der Waals surface area contributed by atoms with Gasteiger partial charge in [0.05, 0.1) is 6.54 Å². The van der Waals surface area contributed by atoms with Gasteiger partial charge in [-0.05, 0) is 58.7 Å². The summed E-state index contributed by atoms with van der Waals surface area (Å²) in [4.78, 5) is 31.7. The van der Waals surface area contributed by atoms with Crippen molar-refractivity contribution < 1.29 is 19.4 Å². The maximum atomic E-state index is 11.8. The quantitative estimate of drug-likeness (QED) is 0.696. The molecule has 0 aliphatic carbocycles. The van der Waals surface area contributed by atoms with E-state index in [1.807, 2.05) is 0 Å². The molecule has 3 aliphatic rings. The van der Waals surface area contributed by atoms with Gasteiger partial charge in [0, 0.05) is 45.2 Å². The Labute approximate surface area is 168 Å². The predicted molar refractivity (Wildman–Crippen MR) is 106 cm³/mol. The lowest BCUT2D eigenvalue weighted by Gasteiger charge is -2.48. The van der Waals surface area contributed by atoms with E-state index >= 15 is 0 Å². The van der Waals surface area contributed by atoms with Gasteiger partial charge in [-0.15, -0.1) is 0 Å². The van der Waals surface area contributed by atoms with Gasteiger partial charge < -0.3 is 19.6 Å². The number of piperazine rings is 1. The van der Waals surface area contributed by atoms with E-state index in [1.165, 1.54) is 12.8 Å². The number of likely N-dealkylation sites (tertiary alicyclic amines) is 1. The molecule has 2 atom stereocenters. The number of nitrogens with zero attached hydrogens (tertiary/aromatic N) is 4. The van der Waals surface area contributed by atoms with Crippen molar-refractivity contribution in [3.63, 3.8) is 0 Å². The highest BCUT2D eigenvalue weighted by atomic mass is 16.6. The van der Waals surface area contributed by atoms with E-state index in [9.17, 15) is 9.59 Å². The zero-order valence-electron chi connectivity index (χ0n) is 17.5. The van der Waals surface area contributed by atoms with Crippen LogP contribution in [0.15, 0.2) is 0 Å². The second kappa shape index (κ2) is 9.41. The van der Waals surface area contributed by atoms with Crippen LogP contribution in [-0.4, -0.2) is 108 Å². The highest BCUT2D eigenvalue weighted by Gasteiger charge is 2.40. The number of hydrogen-bond acceptors (Lipinski definition) is 6. The minimum Gasteiger partial charge on any atom is -0.481 e. The minimum absolute atomic E-state index is 0.156. The average molecular weight is 397 g/mol. The van der Waals surface area contributed by atoms with Crippen LogP contribution in [0, 0.1) is 5.92 Å². The summed E-state index contributed by atoms with van der Waals surface area (Å²) in [5, 5.41) is 8.99. The van der Waals surface area contributed by atoms with Crippen LogP contribution in [0.2, 0.25) is 0 Å². The summed E-state index contributed by atoms with van der Waals surface area (Å²) >= 11 is 0. The van der Waals surface area contributed by atoms with Crippen molar-refractivity contribution in [2.75, 3.05) is 52.9 Å². The molecule has 3 fully saturated rings. The van der Waals surface area contributed by atoms with E-state index in [1.54, 1.807) is 11.9 Å². The Morgan fingerprint density at radius 1 is 1.18 bits per heavy atom. The fourth-order valence-corrected chi connectivity index (χ4v) is 4.85. The summed E-state index contributed by atoms with van der Waals surface area (Å²) in [6.45, 7) is 10.9. The first-order valence-electron chi connectivity index (χ1n) is 10.7. The lowest BCUT2D eigenvalue weighted by atomic mass is 9.86. The van der Waals surface area contributed by atoms with E-state index < -0.39 is 5.97 Å². The second-order valence-electron chi connectivity index (χ2n) is 8.78.